The van der Waals surface area contributed by atoms with Crippen molar-refractivity contribution in [1.82, 2.24) is 4.31 Å². The van der Waals surface area contributed by atoms with Crippen molar-refractivity contribution < 1.29 is 17.9 Å². The lowest BCUT2D eigenvalue weighted by molar-refractivity contribution is 0.0555. The quantitative estimate of drug-likeness (QED) is 0.790. The third-order valence-corrected chi connectivity index (χ3v) is 5.73. The Bertz CT molecular complexity index is 676. The molecule has 7 heteroatoms. The van der Waals surface area contributed by atoms with E-state index in [1.807, 2.05) is 6.92 Å². The van der Waals surface area contributed by atoms with Gasteiger partial charge in [0.25, 0.3) is 0 Å². The maximum absolute atomic E-state index is 12.6. The molecule has 1 atom stereocenters. The fourth-order valence-electron chi connectivity index (χ4n) is 2.51. The molecule has 0 N–H and O–H groups in total. The summed E-state index contributed by atoms with van der Waals surface area (Å²) in [6.07, 6.45) is 2.76. The highest BCUT2D eigenvalue weighted by molar-refractivity contribution is 7.89. The summed E-state index contributed by atoms with van der Waals surface area (Å²) < 4.78 is 31.4. The molecule has 0 aromatic heterocycles. The number of nitrogens with zero attached hydrogens (tertiary/aromatic N) is 2. The Morgan fingerprint density at radius 1 is 1.36 bits per heavy atom. The van der Waals surface area contributed by atoms with Crippen LogP contribution in [-0.4, -0.2) is 37.9 Å². The number of hydrogen-bond acceptors (Lipinski definition) is 5. The molecule has 1 saturated heterocycles. The van der Waals surface area contributed by atoms with Crippen molar-refractivity contribution in [2.45, 2.75) is 37.1 Å². The van der Waals surface area contributed by atoms with Crippen molar-refractivity contribution in [2.75, 3.05) is 13.2 Å². The molecular weight excluding hydrogens is 304 g/mol. The minimum absolute atomic E-state index is 0.0148. The Kier molecular flexibility index (Phi) is 5.16. The Hall–Kier alpha value is -1.91. The molecule has 1 aliphatic rings. The van der Waals surface area contributed by atoms with E-state index in [4.69, 9.17) is 5.26 Å². The fourth-order valence-corrected chi connectivity index (χ4v) is 4.21. The van der Waals surface area contributed by atoms with E-state index in [9.17, 15) is 13.2 Å². The lowest BCUT2D eigenvalue weighted by Gasteiger charge is -2.32. The molecule has 0 radical (unpaired) electrons. The zero-order valence-electron chi connectivity index (χ0n) is 12.4. The van der Waals surface area contributed by atoms with Crippen LogP contribution >= 0.6 is 0 Å². The molecule has 1 fully saturated rings. The largest absolute Gasteiger partial charge is 0.447 e. The molecular formula is C15H18N2O4S. The highest BCUT2D eigenvalue weighted by atomic mass is 32.2. The van der Waals surface area contributed by atoms with Gasteiger partial charge in [0, 0.05) is 12.6 Å². The molecule has 0 bridgehead atoms. The maximum atomic E-state index is 12.6. The van der Waals surface area contributed by atoms with Crippen LogP contribution < -0.4 is 0 Å². The number of sulfonamides is 1. The van der Waals surface area contributed by atoms with Crippen LogP contribution in [0.4, 0.5) is 0 Å². The molecule has 2 rings (SSSR count). The molecule has 0 aliphatic carbocycles. The molecule has 0 spiro atoms. The Balaban J connectivity index is 2.19. The third kappa shape index (κ3) is 3.46. The van der Waals surface area contributed by atoms with E-state index in [1.165, 1.54) is 28.6 Å². The van der Waals surface area contributed by atoms with E-state index in [-0.39, 0.29) is 23.1 Å². The van der Waals surface area contributed by atoms with Crippen LogP contribution in [0.3, 0.4) is 0 Å². The Morgan fingerprint density at radius 3 is 2.64 bits per heavy atom. The normalized spacial score (nSPS) is 19.4. The van der Waals surface area contributed by atoms with Crippen LogP contribution in [0.1, 0.15) is 36.5 Å². The zero-order chi connectivity index (χ0) is 16.2. The molecule has 0 unspecified atom stereocenters. The minimum atomic E-state index is -3.54. The summed E-state index contributed by atoms with van der Waals surface area (Å²) in [6, 6.07) is 7.30. The van der Waals surface area contributed by atoms with Gasteiger partial charge in [0.1, 0.15) is 6.07 Å². The van der Waals surface area contributed by atoms with Gasteiger partial charge < -0.3 is 4.74 Å². The van der Waals surface area contributed by atoms with Gasteiger partial charge in [-0.1, -0.05) is 6.42 Å². The van der Waals surface area contributed by atoms with Gasteiger partial charge in [-0.3, -0.25) is 0 Å². The summed E-state index contributed by atoms with van der Waals surface area (Å²) in [7, 11) is -3.54. The highest BCUT2D eigenvalue weighted by Crippen LogP contribution is 2.25. The van der Waals surface area contributed by atoms with Crippen molar-refractivity contribution in [1.29, 1.82) is 5.26 Å². The first-order valence-corrected chi connectivity index (χ1v) is 8.57. The van der Waals surface area contributed by atoms with Crippen LogP contribution in [0, 0.1) is 11.3 Å². The smallest absolute Gasteiger partial charge is 0.339 e. The Labute approximate surface area is 130 Å². The molecule has 1 aromatic carbocycles. The summed E-state index contributed by atoms with van der Waals surface area (Å²) in [5.74, 6) is -0.642. The van der Waals surface area contributed by atoms with Gasteiger partial charge in [-0.05, 0) is 44.0 Å². The summed E-state index contributed by atoms with van der Waals surface area (Å²) in [4.78, 5) is 11.7. The molecule has 6 nitrogen and oxygen atoms in total. The van der Waals surface area contributed by atoms with Crippen LogP contribution in [0.15, 0.2) is 29.2 Å². The minimum Gasteiger partial charge on any atom is -0.447 e. The van der Waals surface area contributed by atoms with Crippen LogP contribution in [0.25, 0.3) is 0 Å². The van der Waals surface area contributed by atoms with Crippen molar-refractivity contribution in [3.05, 3.63) is 29.8 Å². The van der Waals surface area contributed by atoms with Gasteiger partial charge in [0.15, 0.2) is 6.61 Å². The second kappa shape index (κ2) is 6.90. The predicted molar refractivity (Wildman–Crippen MR) is 79.5 cm³/mol. The average Bonchev–Trinajstić information content (AvgIpc) is 2.53. The van der Waals surface area contributed by atoms with E-state index in [2.05, 4.69) is 4.74 Å². The van der Waals surface area contributed by atoms with E-state index in [1.54, 1.807) is 6.07 Å². The number of ether oxygens (including phenoxy) is 1. The topological polar surface area (TPSA) is 87.5 Å². The second-order valence-corrected chi connectivity index (χ2v) is 7.11. The van der Waals surface area contributed by atoms with E-state index in [0.717, 1.165) is 19.3 Å². The number of esters is 1. The molecule has 0 amide bonds. The predicted octanol–water partition coefficient (Wildman–Crippen LogP) is 1.93. The number of carbonyl (C=O) groups is 1. The van der Waals surface area contributed by atoms with E-state index in [0.29, 0.717) is 6.54 Å². The summed E-state index contributed by atoms with van der Waals surface area (Å²) in [5, 5.41) is 8.37. The standard InChI is InChI=1S/C15H18N2O4S/c1-12-4-2-3-10-17(12)22(19,20)14-7-5-13(6-8-14)15(18)21-11-9-16/h5-8,12H,2-4,10-11H2,1H3/t12-/m1/s1. The van der Waals surface area contributed by atoms with Crippen molar-refractivity contribution in [3.8, 4) is 6.07 Å². The number of rotatable bonds is 4. The van der Waals surface area contributed by atoms with Gasteiger partial charge in [-0.25, -0.2) is 13.2 Å². The molecule has 22 heavy (non-hydrogen) atoms. The number of hydrogen-bond donors (Lipinski definition) is 0. The molecule has 118 valence electrons. The number of piperidine rings is 1. The van der Waals surface area contributed by atoms with Gasteiger partial charge in [0.05, 0.1) is 10.5 Å². The molecule has 0 saturated carbocycles. The molecule has 1 aliphatic heterocycles. The van der Waals surface area contributed by atoms with Gasteiger partial charge >= 0.3 is 5.97 Å². The van der Waals surface area contributed by atoms with Crippen molar-refractivity contribution in [3.63, 3.8) is 0 Å². The number of nitriles is 1. The zero-order valence-corrected chi connectivity index (χ0v) is 13.2. The first-order chi connectivity index (χ1) is 10.5. The second-order valence-electron chi connectivity index (χ2n) is 5.22. The lowest BCUT2D eigenvalue weighted by Crippen LogP contribution is -2.41. The molecule has 1 heterocycles. The van der Waals surface area contributed by atoms with Crippen molar-refractivity contribution in [2.24, 2.45) is 0 Å². The number of carbonyl (C=O) groups excluding carboxylic acids is 1. The van der Waals surface area contributed by atoms with Crippen LogP contribution in [0.2, 0.25) is 0 Å². The van der Waals surface area contributed by atoms with E-state index < -0.39 is 16.0 Å². The number of benzene rings is 1. The maximum Gasteiger partial charge on any atom is 0.339 e. The first-order valence-electron chi connectivity index (χ1n) is 7.13. The molecule has 1 aromatic rings. The monoisotopic (exact) mass is 322 g/mol. The van der Waals surface area contributed by atoms with Gasteiger partial charge in [-0.2, -0.15) is 9.57 Å². The highest BCUT2D eigenvalue weighted by Gasteiger charge is 2.30. The lowest BCUT2D eigenvalue weighted by atomic mass is 10.1. The van der Waals surface area contributed by atoms with Crippen LogP contribution in [-0.2, 0) is 14.8 Å². The van der Waals surface area contributed by atoms with E-state index >= 15 is 0 Å². The van der Waals surface area contributed by atoms with Crippen molar-refractivity contribution >= 4 is 16.0 Å². The Morgan fingerprint density at radius 2 is 2.05 bits per heavy atom. The van der Waals surface area contributed by atoms with Gasteiger partial charge in [0.2, 0.25) is 10.0 Å². The third-order valence-electron chi connectivity index (χ3n) is 3.71. The average molecular weight is 322 g/mol. The summed E-state index contributed by atoms with van der Waals surface area (Å²) in [5.41, 5.74) is 0.223. The fraction of sp³-hybridized carbons (Fsp3) is 0.467. The summed E-state index contributed by atoms with van der Waals surface area (Å²) in [6.45, 7) is 2.10. The van der Waals surface area contributed by atoms with Gasteiger partial charge in [-0.15, -0.1) is 0 Å². The summed E-state index contributed by atoms with van der Waals surface area (Å²) >= 11 is 0. The SMILES string of the molecule is C[C@@H]1CCCCN1S(=O)(=O)c1ccc(C(=O)OCC#N)cc1. The first kappa shape index (κ1) is 16.5. The van der Waals surface area contributed by atoms with Crippen LogP contribution in [0.5, 0.6) is 0 Å².